The van der Waals surface area contributed by atoms with Crippen molar-refractivity contribution in [1.82, 2.24) is 4.72 Å². The van der Waals surface area contributed by atoms with Gasteiger partial charge in [0.25, 0.3) is 0 Å². The fraction of sp³-hybridized carbons (Fsp3) is 0.636. The summed E-state index contributed by atoms with van der Waals surface area (Å²) >= 11 is 1.13. The molecule has 17 heavy (non-hydrogen) atoms. The molecule has 0 atom stereocenters. The van der Waals surface area contributed by atoms with Crippen molar-refractivity contribution in [3.63, 3.8) is 0 Å². The van der Waals surface area contributed by atoms with Gasteiger partial charge < -0.3 is 5.11 Å². The number of hydrogen-bond donors (Lipinski definition) is 2. The predicted octanol–water partition coefficient (Wildman–Crippen LogP) is 1.85. The summed E-state index contributed by atoms with van der Waals surface area (Å²) in [7, 11) is -3.39. The van der Waals surface area contributed by atoms with E-state index in [4.69, 9.17) is 5.11 Å². The largest absolute Gasteiger partial charge is 0.391 e. The van der Waals surface area contributed by atoms with E-state index in [-0.39, 0.29) is 12.6 Å². The maximum absolute atomic E-state index is 12.0. The van der Waals surface area contributed by atoms with E-state index in [1.807, 2.05) is 0 Å². The Balaban J connectivity index is 2.07. The molecule has 4 nitrogen and oxygen atoms in total. The first-order valence-corrected chi connectivity index (χ1v) is 8.14. The summed E-state index contributed by atoms with van der Waals surface area (Å²) in [5, 5.41) is 8.93. The minimum Gasteiger partial charge on any atom is -0.391 e. The molecule has 1 heterocycles. The van der Waals surface area contributed by atoms with E-state index >= 15 is 0 Å². The van der Waals surface area contributed by atoms with Crippen LogP contribution in [0.5, 0.6) is 0 Å². The fourth-order valence-electron chi connectivity index (χ4n) is 2.09. The molecule has 0 aliphatic heterocycles. The number of aliphatic hydroxyl groups is 1. The number of sulfonamides is 1. The van der Waals surface area contributed by atoms with Crippen LogP contribution in [0, 0.1) is 0 Å². The van der Waals surface area contributed by atoms with E-state index < -0.39 is 10.0 Å². The molecule has 96 valence electrons. The second kappa shape index (κ2) is 5.48. The van der Waals surface area contributed by atoms with E-state index in [0.717, 1.165) is 37.0 Å². The Morgan fingerprint density at radius 3 is 2.59 bits per heavy atom. The molecule has 1 aromatic rings. The molecule has 0 bridgehead atoms. The van der Waals surface area contributed by atoms with Crippen LogP contribution in [0.25, 0.3) is 0 Å². The Labute approximate surface area is 106 Å². The topological polar surface area (TPSA) is 66.4 Å². The lowest BCUT2D eigenvalue weighted by Crippen LogP contribution is -2.35. The second-order valence-electron chi connectivity index (χ2n) is 4.34. The molecule has 0 unspecified atom stereocenters. The Hall–Kier alpha value is -0.430. The van der Waals surface area contributed by atoms with Crippen LogP contribution in [0.15, 0.2) is 16.3 Å². The molecule has 1 aromatic heterocycles. The Morgan fingerprint density at radius 1 is 1.29 bits per heavy atom. The van der Waals surface area contributed by atoms with Crippen molar-refractivity contribution >= 4 is 21.4 Å². The summed E-state index contributed by atoms with van der Waals surface area (Å²) in [5.41, 5.74) is 0. The Morgan fingerprint density at radius 2 is 2.00 bits per heavy atom. The molecule has 0 aromatic carbocycles. The summed E-state index contributed by atoms with van der Waals surface area (Å²) in [6, 6.07) is 3.29. The highest BCUT2D eigenvalue weighted by Gasteiger charge is 2.22. The average Bonchev–Trinajstić information content (AvgIpc) is 2.79. The van der Waals surface area contributed by atoms with Gasteiger partial charge in [0.05, 0.1) is 6.61 Å². The Bertz CT molecular complexity index is 461. The van der Waals surface area contributed by atoms with E-state index in [1.165, 1.54) is 6.42 Å². The van der Waals surface area contributed by atoms with Gasteiger partial charge in [-0.25, -0.2) is 13.1 Å². The van der Waals surface area contributed by atoms with Crippen LogP contribution in [-0.2, 0) is 16.6 Å². The van der Waals surface area contributed by atoms with Crippen molar-refractivity contribution in [2.45, 2.75) is 49.0 Å². The van der Waals surface area contributed by atoms with Crippen molar-refractivity contribution in [2.75, 3.05) is 0 Å². The van der Waals surface area contributed by atoms with Crippen LogP contribution in [0.3, 0.4) is 0 Å². The van der Waals surface area contributed by atoms with Gasteiger partial charge in [-0.1, -0.05) is 19.3 Å². The lowest BCUT2D eigenvalue weighted by atomic mass is 9.96. The second-order valence-corrected chi connectivity index (χ2v) is 7.44. The first-order chi connectivity index (χ1) is 8.12. The van der Waals surface area contributed by atoms with Gasteiger partial charge in [-0.15, -0.1) is 11.3 Å². The van der Waals surface area contributed by atoms with Gasteiger partial charge in [-0.2, -0.15) is 0 Å². The van der Waals surface area contributed by atoms with Gasteiger partial charge in [0, 0.05) is 10.9 Å². The summed E-state index contributed by atoms with van der Waals surface area (Å²) in [6.07, 6.45) is 5.25. The van der Waals surface area contributed by atoms with Gasteiger partial charge in [-0.05, 0) is 25.0 Å². The summed E-state index contributed by atoms with van der Waals surface area (Å²) < 4.78 is 27.1. The zero-order valence-electron chi connectivity index (χ0n) is 9.55. The molecule has 0 amide bonds. The number of rotatable bonds is 4. The molecule has 2 rings (SSSR count). The monoisotopic (exact) mass is 275 g/mol. The maximum atomic E-state index is 12.0. The lowest BCUT2D eigenvalue weighted by Gasteiger charge is -2.22. The predicted molar refractivity (Wildman–Crippen MR) is 67.4 cm³/mol. The smallest absolute Gasteiger partial charge is 0.250 e. The lowest BCUT2D eigenvalue weighted by molar-refractivity contribution is 0.285. The summed E-state index contributed by atoms with van der Waals surface area (Å²) in [5.74, 6) is 0. The van der Waals surface area contributed by atoms with Crippen molar-refractivity contribution in [3.8, 4) is 0 Å². The molecule has 1 saturated carbocycles. The minimum absolute atomic E-state index is 0.0772. The van der Waals surface area contributed by atoms with Crippen LogP contribution in [0.2, 0.25) is 0 Å². The van der Waals surface area contributed by atoms with Crippen molar-refractivity contribution in [3.05, 3.63) is 17.0 Å². The zero-order chi connectivity index (χ0) is 12.3. The normalized spacial score (nSPS) is 18.4. The third-order valence-corrected chi connectivity index (χ3v) is 6.07. The van der Waals surface area contributed by atoms with E-state index in [2.05, 4.69) is 4.72 Å². The molecule has 0 saturated heterocycles. The van der Waals surface area contributed by atoms with Crippen LogP contribution < -0.4 is 4.72 Å². The summed E-state index contributed by atoms with van der Waals surface area (Å²) in [4.78, 5) is 0.675. The van der Waals surface area contributed by atoms with Crippen LogP contribution in [0.1, 0.15) is 37.0 Å². The third kappa shape index (κ3) is 3.28. The highest BCUT2D eigenvalue weighted by molar-refractivity contribution is 7.91. The van der Waals surface area contributed by atoms with Crippen molar-refractivity contribution in [2.24, 2.45) is 0 Å². The SMILES string of the molecule is O=S(=O)(NC1CCCCC1)c1ccc(CO)s1. The summed E-state index contributed by atoms with van der Waals surface area (Å²) in [6.45, 7) is -0.108. The highest BCUT2D eigenvalue weighted by Crippen LogP contribution is 2.24. The third-order valence-electron chi connectivity index (χ3n) is 2.98. The molecular formula is C11H17NO3S2. The van der Waals surface area contributed by atoms with Gasteiger partial charge in [-0.3, -0.25) is 0 Å². The zero-order valence-corrected chi connectivity index (χ0v) is 11.2. The Kier molecular flexibility index (Phi) is 4.19. The van der Waals surface area contributed by atoms with Crippen LogP contribution in [0.4, 0.5) is 0 Å². The van der Waals surface area contributed by atoms with Gasteiger partial charge in [0.15, 0.2) is 0 Å². The maximum Gasteiger partial charge on any atom is 0.250 e. The fourth-order valence-corrected chi connectivity index (χ4v) is 4.62. The van der Waals surface area contributed by atoms with Crippen LogP contribution >= 0.6 is 11.3 Å². The highest BCUT2D eigenvalue weighted by atomic mass is 32.2. The molecule has 0 spiro atoms. The van der Waals surface area contributed by atoms with Gasteiger partial charge >= 0.3 is 0 Å². The minimum atomic E-state index is -3.39. The quantitative estimate of drug-likeness (QED) is 0.881. The van der Waals surface area contributed by atoms with E-state index in [9.17, 15) is 8.42 Å². The van der Waals surface area contributed by atoms with E-state index in [1.54, 1.807) is 12.1 Å². The molecule has 1 aliphatic carbocycles. The number of thiophene rings is 1. The van der Waals surface area contributed by atoms with E-state index in [0.29, 0.717) is 9.09 Å². The molecule has 6 heteroatoms. The molecule has 1 fully saturated rings. The number of nitrogens with one attached hydrogen (secondary N) is 1. The van der Waals surface area contributed by atoms with Crippen molar-refractivity contribution < 1.29 is 13.5 Å². The standard InChI is InChI=1S/C11H17NO3S2/c13-8-10-6-7-11(16-10)17(14,15)12-9-4-2-1-3-5-9/h6-7,9,12-13H,1-5,8H2. The van der Waals surface area contributed by atoms with Gasteiger partial charge in [0.2, 0.25) is 10.0 Å². The number of aliphatic hydroxyl groups excluding tert-OH is 1. The van der Waals surface area contributed by atoms with Crippen molar-refractivity contribution in [1.29, 1.82) is 0 Å². The molecule has 1 aliphatic rings. The number of hydrogen-bond acceptors (Lipinski definition) is 4. The molecule has 0 radical (unpaired) electrons. The molecular weight excluding hydrogens is 258 g/mol. The van der Waals surface area contributed by atoms with Gasteiger partial charge in [0.1, 0.15) is 4.21 Å². The average molecular weight is 275 g/mol. The molecule has 2 N–H and O–H groups in total. The first-order valence-electron chi connectivity index (χ1n) is 5.84. The van der Waals surface area contributed by atoms with Crippen LogP contribution in [-0.4, -0.2) is 19.6 Å². The first kappa shape index (κ1) is 13.0.